The molecule has 94 valence electrons. The van der Waals surface area contributed by atoms with Crippen LogP contribution in [0.4, 0.5) is 0 Å². The molecular formula is C13H11BrO3S. The normalized spacial score (nSPS) is 10.3. The van der Waals surface area contributed by atoms with Gasteiger partial charge in [0.1, 0.15) is 12.4 Å². The highest BCUT2D eigenvalue weighted by molar-refractivity contribution is 9.11. The number of halogens is 1. The highest BCUT2D eigenvalue weighted by atomic mass is 79.9. The largest absolute Gasteiger partial charge is 0.489 e. The maximum atomic E-state index is 10.9. The van der Waals surface area contributed by atoms with Gasteiger partial charge in [-0.3, -0.25) is 0 Å². The van der Waals surface area contributed by atoms with Gasteiger partial charge in [-0.25, -0.2) is 4.79 Å². The van der Waals surface area contributed by atoms with Crippen molar-refractivity contribution >= 4 is 33.2 Å². The number of carbonyl (C=O) groups is 1. The summed E-state index contributed by atoms with van der Waals surface area (Å²) in [6.45, 7) is 2.33. The van der Waals surface area contributed by atoms with Gasteiger partial charge in [-0.1, -0.05) is 6.07 Å². The van der Waals surface area contributed by atoms with Crippen molar-refractivity contribution in [2.24, 2.45) is 0 Å². The molecule has 0 atom stereocenters. The maximum absolute atomic E-state index is 10.9. The number of hydrogen-bond acceptors (Lipinski definition) is 3. The van der Waals surface area contributed by atoms with Crippen molar-refractivity contribution < 1.29 is 14.6 Å². The maximum Gasteiger partial charge on any atom is 0.335 e. The quantitative estimate of drug-likeness (QED) is 0.920. The van der Waals surface area contributed by atoms with E-state index in [0.717, 1.165) is 14.9 Å². The fraction of sp³-hybridized carbons (Fsp3) is 0.154. The molecule has 0 unspecified atom stereocenters. The minimum atomic E-state index is -0.946. The van der Waals surface area contributed by atoms with Crippen LogP contribution in [0.15, 0.2) is 33.4 Å². The van der Waals surface area contributed by atoms with Gasteiger partial charge >= 0.3 is 5.97 Å². The number of carboxylic acid groups (broad SMARTS) is 1. The number of rotatable bonds is 4. The molecule has 1 aromatic carbocycles. The molecule has 5 heteroatoms. The Labute approximate surface area is 117 Å². The summed E-state index contributed by atoms with van der Waals surface area (Å²) in [6.07, 6.45) is 0. The summed E-state index contributed by atoms with van der Waals surface area (Å²) in [7, 11) is 0. The zero-order chi connectivity index (χ0) is 13.1. The monoisotopic (exact) mass is 326 g/mol. The number of hydrogen-bond donors (Lipinski definition) is 1. The highest BCUT2D eigenvalue weighted by Crippen LogP contribution is 2.24. The first kappa shape index (κ1) is 13.1. The van der Waals surface area contributed by atoms with Crippen LogP contribution in [-0.4, -0.2) is 11.1 Å². The fourth-order valence-corrected chi connectivity index (χ4v) is 2.67. The standard InChI is InChI=1S/C13H11BrO3S/c1-8-2-3-10(13(15)16)5-11(8)17-6-9-4-12(14)18-7-9/h2-5,7H,6H2,1H3,(H,15,16). The lowest BCUT2D eigenvalue weighted by atomic mass is 10.1. The van der Waals surface area contributed by atoms with Gasteiger partial charge in [0.2, 0.25) is 0 Å². The lowest BCUT2D eigenvalue weighted by molar-refractivity contribution is 0.0696. The summed E-state index contributed by atoms with van der Waals surface area (Å²) < 4.78 is 6.70. The molecule has 3 nitrogen and oxygen atoms in total. The van der Waals surface area contributed by atoms with E-state index in [4.69, 9.17) is 9.84 Å². The number of carboxylic acids is 1. The van der Waals surface area contributed by atoms with Crippen LogP contribution >= 0.6 is 27.3 Å². The van der Waals surface area contributed by atoms with Gasteiger partial charge in [0.05, 0.1) is 9.35 Å². The molecule has 0 fully saturated rings. The molecule has 0 aliphatic rings. The second-order valence-corrected chi connectivity index (χ2v) is 6.12. The Morgan fingerprint density at radius 3 is 2.83 bits per heavy atom. The van der Waals surface area contributed by atoms with Crippen LogP contribution in [0.5, 0.6) is 5.75 Å². The van der Waals surface area contributed by atoms with Crippen LogP contribution < -0.4 is 4.74 Å². The molecule has 0 aliphatic heterocycles. The zero-order valence-corrected chi connectivity index (χ0v) is 12.0. The second kappa shape index (κ2) is 5.54. The summed E-state index contributed by atoms with van der Waals surface area (Å²) in [5.74, 6) is -0.338. The molecule has 18 heavy (non-hydrogen) atoms. The van der Waals surface area contributed by atoms with Crippen LogP contribution in [0.2, 0.25) is 0 Å². The average molecular weight is 327 g/mol. The molecule has 1 heterocycles. The smallest absolute Gasteiger partial charge is 0.335 e. The summed E-state index contributed by atoms with van der Waals surface area (Å²) in [4.78, 5) is 10.9. The van der Waals surface area contributed by atoms with Gasteiger partial charge in [0.25, 0.3) is 0 Å². The van der Waals surface area contributed by atoms with Gasteiger partial charge in [0, 0.05) is 5.56 Å². The molecule has 0 spiro atoms. The lowest BCUT2D eigenvalue weighted by Gasteiger charge is -2.09. The van der Waals surface area contributed by atoms with Gasteiger partial charge < -0.3 is 9.84 Å². The summed E-state index contributed by atoms with van der Waals surface area (Å²) in [5, 5.41) is 10.9. The van der Waals surface area contributed by atoms with Crippen molar-refractivity contribution in [3.63, 3.8) is 0 Å². The van der Waals surface area contributed by atoms with Gasteiger partial charge in [-0.2, -0.15) is 0 Å². The minimum Gasteiger partial charge on any atom is -0.489 e. The molecule has 1 aromatic heterocycles. The van der Waals surface area contributed by atoms with E-state index in [9.17, 15) is 4.79 Å². The number of aromatic carboxylic acids is 1. The first-order valence-electron chi connectivity index (χ1n) is 5.26. The highest BCUT2D eigenvalue weighted by Gasteiger charge is 2.07. The third-order valence-electron chi connectivity index (χ3n) is 2.45. The van der Waals surface area contributed by atoms with E-state index in [0.29, 0.717) is 12.4 Å². The molecule has 0 bridgehead atoms. The fourth-order valence-electron chi connectivity index (χ4n) is 1.47. The topological polar surface area (TPSA) is 46.5 Å². The van der Waals surface area contributed by atoms with Crippen LogP contribution in [-0.2, 0) is 6.61 Å². The summed E-state index contributed by atoms with van der Waals surface area (Å²) in [6, 6.07) is 6.87. The van der Waals surface area contributed by atoms with E-state index < -0.39 is 5.97 Å². The number of aryl methyl sites for hydroxylation is 1. The zero-order valence-electron chi connectivity index (χ0n) is 9.64. The first-order chi connectivity index (χ1) is 8.56. The molecular weight excluding hydrogens is 316 g/mol. The molecule has 0 radical (unpaired) electrons. The van der Waals surface area contributed by atoms with Gasteiger partial charge in [0.15, 0.2) is 0 Å². The van der Waals surface area contributed by atoms with E-state index in [1.54, 1.807) is 29.5 Å². The Morgan fingerprint density at radius 2 is 2.22 bits per heavy atom. The molecule has 0 saturated carbocycles. The Morgan fingerprint density at radius 1 is 1.44 bits per heavy atom. The molecule has 2 rings (SSSR count). The Balaban J connectivity index is 2.13. The average Bonchev–Trinajstić information content (AvgIpc) is 2.74. The predicted molar refractivity (Wildman–Crippen MR) is 74.5 cm³/mol. The number of ether oxygens (including phenoxy) is 1. The van der Waals surface area contributed by atoms with E-state index in [2.05, 4.69) is 15.9 Å². The van der Waals surface area contributed by atoms with Crippen molar-refractivity contribution in [2.75, 3.05) is 0 Å². The van der Waals surface area contributed by atoms with Crippen LogP contribution in [0.25, 0.3) is 0 Å². The van der Waals surface area contributed by atoms with Gasteiger partial charge in [-0.05, 0) is 52.0 Å². The van der Waals surface area contributed by atoms with E-state index >= 15 is 0 Å². The molecule has 1 N–H and O–H groups in total. The third-order valence-corrected chi connectivity index (χ3v) is 4.00. The van der Waals surface area contributed by atoms with Crippen LogP contribution in [0.1, 0.15) is 21.5 Å². The summed E-state index contributed by atoms with van der Waals surface area (Å²) >= 11 is 4.98. The molecule has 2 aromatic rings. The summed E-state index contributed by atoms with van der Waals surface area (Å²) in [5.41, 5.74) is 2.23. The third kappa shape index (κ3) is 3.11. The number of benzene rings is 1. The molecule has 0 aliphatic carbocycles. The number of thiophene rings is 1. The van der Waals surface area contributed by atoms with Crippen LogP contribution in [0, 0.1) is 6.92 Å². The Kier molecular flexibility index (Phi) is 4.04. The van der Waals surface area contributed by atoms with E-state index in [1.807, 2.05) is 18.4 Å². The van der Waals surface area contributed by atoms with E-state index in [1.165, 1.54) is 0 Å². The van der Waals surface area contributed by atoms with Crippen molar-refractivity contribution in [1.82, 2.24) is 0 Å². The van der Waals surface area contributed by atoms with Crippen molar-refractivity contribution in [3.05, 3.63) is 50.1 Å². The molecule has 0 amide bonds. The molecule has 0 saturated heterocycles. The Hall–Kier alpha value is -1.33. The van der Waals surface area contributed by atoms with Crippen molar-refractivity contribution in [1.29, 1.82) is 0 Å². The second-order valence-electron chi connectivity index (χ2n) is 3.83. The first-order valence-corrected chi connectivity index (χ1v) is 6.93. The Bertz CT molecular complexity index is 577. The predicted octanol–water partition coefficient (Wildman–Crippen LogP) is 4.10. The lowest BCUT2D eigenvalue weighted by Crippen LogP contribution is -2.00. The van der Waals surface area contributed by atoms with Crippen molar-refractivity contribution in [2.45, 2.75) is 13.5 Å². The SMILES string of the molecule is Cc1ccc(C(=O)O)cc1OCc1csc(Br)c1. The van der Waals surface area contributed by atoms with E-state index in [-0.39, 0.29) is 5.56 Å². The van der Waals surface area contributed by atoms with Gasteiger partial charge in [-0.15, -0.1) is 11.3 Å². The van der Waals surface area contributed by atoms with Crippen LogP contribution in [0.3, 0.4) is 0 Å². The van der Waals surface area contributed by atoms with Crippen molar-refractivity contribution in [3.8, 4) is 5.75 Å². The minimum absolute atomic E-state index is 0.238.